The lowest BCUT2D eigenvalue weighted by molar-refractivity contribution is 0.804. The number of hydrogen-bond acceptors (Lipinski definition) is 7. The lowest BCUT2D eigenvalue weighted by Gasteiger charge is -2.20. The molecule has 2 aliphatic heterocycles. The van der Waals surface area contributed by atoms with Crippen molar-refractivity contribution in [2.75, 3.05) is 41.4 Å². The fourth-order valence-electron chi connectivity index (χ4n) is 5.30. The summed E-state index contributed by atoms with van der Waals surface area (Å²) in [5.41, 5.74) is 7.52. The molecule has 9 heteroatoms. The number of aromatic nitrogens is 4. The van der Waals surface area contributed by atoms with E-state index in [1.54, 1.807) is 0 Å². The Labute approximate surface area is 222 Å². The van der Waals surface area contributed by atoms with Crippen molar-refractivity contribution in [2.45, 2.75) is 39.2 Å². The average molecular weight is 515 g/mol. The van der Waals surface area contributed by atoms with Crippen LogP contribution < -0.4 is 15.2 Å². The molecular weight excluding hydrogens is 484 g/mol. The Bertz CT molecular complexity index is 1400. The molecule has 0 amide bonds. The van der Waals surface area contributed by atoms with Gasteiger partial charge in [-0.15, -0.1) is 0 Å². The van der Waals surface area contributed by atoms with Crippen LogP contribution in [0.1, 0.15) is 42.5 Å². The van der Waals surface area contributed by atoms with E-state index in [9.17, 15) is 0 Å². The van der Waals surface area contributed by atoms with Crippen molar-refractivity contribution < 1.29 is 0 Å². The number of para-hydroxylation sites is 1. The predicted molar refractivity (Wildman–Crippen MR) is 151 cm³/mol. The summed E-state index contributed by atoms with van der Waals surface area (Å²) in [6, 6.07) is 16.4. The molecule has 2 saturated heterocycles. The van der Waals surface area contributed by atoms with Crippen molar-refractivity contribution in [3.05, 3.63) is 70.4 Å². The second-order valence-corrected chi connectivity index (χ2v) is 10.1. The number of hydrogen-bond donors (Lipinski definition) is 1. The van der Waals surface area contributed by atoms with Crippen LogP contribution in [0.2, 0.25) is 5.02 Å². The topological polar surface area (TPSA) is 74.5 Å². The zero-order valence-electron chi connectivity index (χ0n) is 21.1. The van der Waals surface area contributed by atoms with Crippen molar-refractivity contribution in [1.29, 1.82) is 0 Å². The highest BCUT2D eigenvalue weighted by Gasteiger charge is 2.21. The number of halogens is 1. The first-order chi connectivity index (χ1) is 18.2. The Morgan fingerprint density at radius 1 is 0.865 bits per heavy atom. The number of anilines is 3. The summed E-state index contributed by atoms with van der Waals surface area (Å²) >= 11 is 6.48. The van der Waals surface area contributed by atoms with E-state index in [2.05, 4.69) is 62.1 Å². The normalized spacial score (nSPS) is 15.9. The summed E-state index contributed by atoms with van der Waals surface area (Å²) in [5.74, 6) is 1.95. The van der Waals surface area contributed by atoms with Crippen molar-refractivity contribution in [3.8, 4) is 0 Å². The van der Waals surface area contributed by atoms with Gasteiger partial charge in [-0.2, -0.15) is 20.1 Å². The fraction of sp³-hybridized carbons (Fsp3) is 0.357. The van der Waals surface area contributed by atoms with E-state index in [4.69, 9.17) is 26.6 Å². The molecule has 2 aliphatic rings. The molecule has 4 aromatic rings. The summed E-state index contributed by atoms with van der Waals surface area (Å²) in [6.07, 6.45) is 6.55. The van der Waals surface area contributed by atoms with E-state index < -0.39 is 0 Å². The van der Waals surface area contributed by atoms with E-state index in [0.29, 0.717) is 12.5 Å². The van der Waals surface area contributed by atoms with Crippen LogP contribution in [0, 0.1) is 6.92 Å². The molecular formula is C28H31ClN8. The summed E-state index contributed by atoms with van der Waals surface area (Å²) in [6.45, 7) is 6.75. The van der Waals surface area contributed by atoms with Crippen molar-refractivity contribution in [3.63, 3.8) is 0 Å². The molecule has 0 atom stereocenters. The van der Waals surface area contributed by atoms with Gasteiger partial charge in [0, 0.05) is 59.9 Å². The van der Waals surface area contributed by atoms with Crippen molar-refractivity contribution >= 4 is 46.6 Å². The van der Waals surface area contributed by atoms with Gasteiger partial charge in [-0.1, -0.05) is 48.0 Å². The Balaban J connectivity index is 1.30. The first-order valence-electron chi connectivity index (χ1n) is 13.0. The first-order valence-corrected chi connectivity index (χ1v) is 13.4. The van der Waals surface area contributed by atoms with Gasteiger partial charge in [-0.3, -0.25) is 0 Å². The Morgan fingerprint density at radius 3 is 2.16 bits per heavy atom. The SMILES string of the molecule is Cc1c(C=NNc2nc(N3CCCC3)nc(N3CCCC3)n2)c2ccccc2n1Cc1ccccc1Cl. The number of nitrogens with one attached hydrogen (secondary N) is 1. The highest BCUT2D eigenvalue weighted by Crippen LogP contribution is 2.28. The molecule has 4 heterocycles. The van der Waals surface area contributed by atoms with Gasteiger partial charge in [-0.05, 0) is 50.3 Å². The van der Waals surface area contributed by atoms with E-state index in [1.807, 2.05) is 24.4 Å². The third-order valence-electron chi connectivity index (χ3n) is 7.31. The van der Waals surface area contributed by atoms with Crippen LogP contribution in [0.3, 0.4) is 0 Å². The van der Waals surface area contributed by atoms with Crippen LogP contribution >= 0.6 is 11.6 Å². The van der Waals surface area contributed by atoms with Gasteiger partial charge in [-0.25, -0.2) is 5.43 Å². The lowest BCUT2D eigenvalue weighted by Crippen LogP contribution is -2.25. The minimum absolute atomic E-state index is 0.479. The third kappa shape index (κ3) is 4.85. The van der Waals surface area contributed by atoms with E-state index in [0.717, 1.165) is 70.8 Å². The quantitative estimate of drug-likeness (QED) is 0.260. The molecule has 0 aliphatic carbocycles. The van der Waals surface area contributed by atoms with Gasteiger partial charge in [0.2, 0.25) is 17.8 Å². The lowest BCUT2D eigenvalue weighted by atomic mass is 10.1. The van der Waals surface area contributed by atoms with Crippen molar-refractivity contribution in [1.82, 2.24) is 19.5 Å². The van der Waals surface area contributed by atoms with Crippen molar-refractivity contribution in [2.24, 2.45) is 5.10 Å². The molecule has 0 unspecified atom stereocenters. The second-order valence-electron chi connectivity index (χ2n) is 9.71. The van der Waals surface area contributed by atoms with Gasteiger partial charge in [0.15, 0.2) is 0 Å². The molecule has 0 radical (unpaired) electrons. The summed E-state index contributed by atoms with van der Waals surface area (Å²) in [7, 11) is 0. The van der Waals surface area contributed by atoms with Crippen LogP contribution in [0.5, 0.6) is 0 Å². The standard InChI is InChI=1S/C28H31ClN8/c1-20-23(22-11-3-5-13-25(22)37(20)19-21-10-2-4-12-24(21)29)18-30-34-26-31-27(35-14-6-7-15-35)33-28(32-26)36-16-8-9-17-36/h2-5,10-13,18H,6-9,14-17,19H2,1H3,(H,31,32,33,34). The molecule has 2 aromatic heterocycles. The molecule has 2 aromatic carbocycles. The average Bonchev–Trinajstić information content (AvgIpc) is 3.69. The summed E-state index contributed by atoms with van der Waals surface area (Å²) < 4.78 is 2.29. The van der Waals surface area contributed by atoms with Gasteiger partial charge in [0.05, 0.1) is 6.21 Å². The van der Waals surface area contributed by atoms with E-state index in [1.165, 1.54) is 25.7 Å². The maximum Gasteiger partial charge on any atom is 0.250 e. The zero-order valence-corrected chi connectivity index (χ0v) is 21.8. The minimum Gasteiger partial charge on any atom is -0.341 e. The highest BCUT2D eigenvalue weighted by atomic mass is 35.5. The fourth-order valence-corrected chi connectivity index (χ4v) is 5.49. The number of rotatable bonds is 7. The number of nitrogens with zero attached hydrogens (tertiary/aromatic N) is 7. The van der Waals surface area contributed by atoms with Gasteiger partial charge >= 0.3 is 0 Å². The van der Waals surface area contributed by atoms with Crippen LogP contribution in [0.25, 0.3) is 10.9 Å². The highest BCUT2D eigenvalue weighted by molar-refractivity contribution is 6.31. The van der Waals surface area contributed by atoms with Crippen LogP contribution in [-0.4, -0.2) is 51.9 Å². The Kier molecular flexibility index (Phi) is 6.66. The maximum atomic E-state index is 6.48. The number of benzene rings is 2. The number of hydrazone groups is 1. The molecule has 8 nitrogen and oxygen atoms in total. The molecule has 1 N–H and O–H groups in total. The molecule has 0 bridgehead atoms. The largest absolute Gasteiger partial charge is 0.341 e. The minimum atomic E-state index is 0.479. The molecule has 190 valence electrons. The van der Waals surface area contributed by atoms with Crippen LogP contribution in [0.4, 0.5) is 17.8 Å². The molecule has 0 spiro atoms. The molecule has 0 saturated carbocycles. The third-order valence-corrected chi connectivity index (χ3v) is 7.68. The smallest absolute Gasteiger partial charge is 0.250 e. The van der Waals surface area contributed by atoms with E-state index >= 15 is 0 Å². The second kappa shape index (κ2) is 10.4. The maximum absolute atomic E-state index is 6.48. The first kappa shape index (κ1) is 23.7. The predicted octanol–water partition coefficient (Wildman–Crippen LogP) is 5.48. The van der Waals surface area contributed by atoms with Gasteiger partial charge < -0.3 is 14.4 Å². The summed E-state index contributed by atoms with van der Waals surface area (Å²) in [4.78, 5) is 18.7. The Morgan fingerprint density at radius 2 is 1.49 bits per heavy atom. The van der Waals surface area contributed by atoms with Gasteiger partial charge in [0.25, 0.3) is 0 Å². The zero-order chi connectivity index (χ0) is 25.2. The summed E-state index contributed by atoms with van der Waals surface area (Å²) in [5, 5.41) is 6.51. The van der Waals surface area contributed by atoms with E-state index in [-0.39, 0.29) is 0 Å². The van der Waals surface area contributed by atoms with Crippen LogP contribution in [0.15, 0.2) is 53.6 Å². The molecule has 37 heavy (non-hydrogen) atoms. The van der Waals surface area contributed by atoms with Crippen LogP contribution in [-0.2, 0) is 6.54 Å². The van der Waals surface area contributed by atoms with Gasteiger partial charge in [0.1, 0.15) is 0 Å². The molecule has 2 fully saturated rings. The monoisotopic (exact) mass is 514 g/mol. The number of fused-ring (bicyclic) bond motifs is 1. The Hall–Kier alpha value is -3.65. The molecule has 6 rings (SSSR count).